The molecule has 1 aromatic rings. The molecule has 1 aromatic carbocycles. The average Bonchev–Trinajstić information content (AvgIpc) is 3.16. The smallest absolute Gasteiger partial charge is 0.251 e. The van der Waals surface area contributed by atoms with Crippen LogP contribution in [0.2, 0.25) is 0 Å². The maximum atomic E-state index is 12.3. The first-order valence-corrected chi connectivity index (χ1v) is 7.26. The van der Waals surface area contributed by atoms with Crippen LogP contribution < -0.4 is 11.1 Å². The molecular formula is C17H22N2O. The predicted octanol–water partition coefficient (Wildman–Crippen LogP) is 2.22. The summed E-state index contributed by atoms with van der Waals surface area (Å²) in [5.41, 5.74) is 7.91. The highest BCUT2D eigenvalue weighted by atomic mass is 16.1. The molecule has 0 heterocycles. The Morgan fingerprint density at radius 2 is 2.30 bits per heavy atom. The van der Waals surface area contributed by atoms with E-state index in [1.807, 2.05) is 25.1 Å². The van der Waals surface area contributed by atoms with Gasteiger partial charge in [-0.3, -0.25) is 4.79 Å². The Morgan fingerprint density at radius 1 is 1.50 bits per heavy atom. The number of nitrogens with one attached hydrogen (secondary N) is 1. The number of nitrogens with two attached hydrogens (primary N) is 1. The third kappa shape index (κ3) is 3.61. The lowest BCUT2D eigenvalue weighted by Gasteiger charge is -2.08. The number of carbonyl (C=O) groups excluding carboxylic acids is 1. The van der Waals surface area contributed by atoms with Crippen LogP contribution in [0.1, 0.15) is 47.7 Å². The van der Waals surface area contributed by atoms with E-state index >= 15 is 0 Å². The van der Waals surface area contributed by atoms with Gasteiger partial charge in [-0.2, -0.15) is 0 Å². The zero-order valence-corrected chi connectivity index (χ0v) is 12.2. The first-order valence-electron chi connectivity index (χ1n) is 7.26. The monoisotopic (exact) mass is 270 g/mol. The molecule has 106 valence electrons. The summed E-state index contributed by atoms with van der Waals surface area (Å²) >= 11 is 0. The van der Waals surface area contributed by atoms with Crippen LogP contribution >= 0.6 is 0 Å². The molecule has 1 saturated carbocycles. The zero-order chi connectivity index (χ0) is 14.5. The van der Waals surface area contributed by atoms with Crippen molar-refractivity contribution in [2.45, 2.75) is 39.2 Å². The molecule has 0 aromatic heterocycles. The lowest BCUT2D eigenvalue weighted by Crippen LogP contribution is -2.27. The molecule has 3 N–H and O–H groups in total. The minimum atomic E-state index is 0.0162. The third-order valence-corrected chi connectivity index (χ3v) is 3.72. The van der Waals surface area contributed by atoms with Crippen LogP contribution in [0.15, 0.2) is 18.2 Å². The molecule has 1 amide bonds. The Kier molecular flexibility index (Phi) is 4.81. The molecule has 0 aliphatic heterocycles. The van der Waals surface area contributed by atoms with Crippen LogP contribution in [-0.4, -0.2) is 18.5 Å². The number of hydrogen-bond acceptors (Lipinski definition) is 2. The van der Waals surface area contributed by atoms with Crippen molar-refractivity contribution < 1.29 is 4.79 Å². The van der Waals surface area contributed by atoms with Gasteiger partial charge in [0.25, 0.3) is 5.91 Å². The Bertz CT molecular complexity index is 554. The lowest BCUT2D eigenvalue weighted by atomic mass is 10.0. The molecule has 2 unspecified atom stereocenters. The number of benzene rings is 1. The highest BCUT2D eigenvalue weighted by Gasteiger charge is 2.37. The van der Waals surface area contributed by atoms with Gasteiger partial charge in [-0.1, -0.05) is 31.3 Å². The fourth-order valence-electron chi connectivity index (χ4n) is 2.46. The molecule has 2 atom stereocenters. The largest absolute Gasteiger partial charge is 0.349 e. The topological polar surface area (TPSA) is 55.1 Å². The summed E-state index contributed by atoms with van der Waals surface area (Å²) in [6.45, 7) is 4.46. The van der Waals surface area contributed by atoms with Gasteiger partial charge in [-0.05, 0) is 43.4 Å². The predicted molar refractivity (Wildman–Crippen MR) is 81.4 cm³/mol. The Hall–Kier alpha value is -1.79. The summed E-state index contributed by atoms with van der Waals surface area (Å²) < 4.78 is 0. The standard InChI is InChI=1S/C17H22N2O/c1-3-5-14-11-16(14)19-17(20)15-10-13(6-4-9-18)8-7-12(15)2/h7-8,10,14,16H,3,5,9,11,18H2,1-2H3,(H,19,20). The molecule has 0 spiro atoms. The van der Waals surface area contributed by atoms with E-state index in [0.29, 0.717) is 18.5 Å². The maximum Gasteiger partial charge on any atom is 0.251 e. The highest BCUT2D eigenvalue weighted by molar-refractivity contribution is 5.96. The summed E-state index contributed by atoms with van der Waals surface area (Å²) in [5.74, 6) is 6.47. The van der Waals surface area contributed by atoms with Gasteiger partial charge in [0.15, 0.2) is 0 Å². The second-order valence-corrected chi connectivity index (χ2v) is 5.40. The van der Waals surface area contributed by atoms with Crippen LogP contribution in [0.4, 0.5) is 0 Å². The quantitative estimate of drug-likeness (QED) is 0.824. The maximum absolute atomic E-state index is 12.3. The summed E-state index contributed by atoms with van der Waals surface area (Å²) in [6, 6.07) is 6.07. The summed E-state index contributed by atoms with van der Waals surface area (Å²) in [4.78, 5) is 12.3. The lowest BCUT2D eigenvalue weighted by molar-refractivity contribution is 0.0948. The van der Waals surface area contributed by atoms with E-state index in [2.05, 4.69) is 24.1 Å². The fourth-order valence-corrected chi connectivity index (χ4v) is 2.46. The van der Waals surface area contributed by atoms with Crippen molar-refractivity contribution >= 4 is 5.91 Å². The molecular weight excluding hydrogens is 248 g/mol. The van der Waals surface area contributed by atoms with Crippen molar-refractivity contribution in [3.63, 3.8) is 0 Å². The Labute approximate surface area is 120 Å². The number of amides is 1. The Balaban J connectivity index is 2.05. The van der Waals surface area contributed by atoms with Gasteiger partial charge in [0.2, 0.25) is 0 Å². The Morgan fingerprint density at radius 3 is 3.00 bits per heavy atom. The van der Waals surface area contributed by atoms with Crippen LogP contribution in [0.3, 0.4) is 0 Å². The number of aryl methyl sites for hydroxylation is 1. The van der Waals surface area contributed by atoms with Crippen LogP contribution in [0, 0.1) is 24.7 Å². The van der Waals surface area contributed by atoms with Gasteiger partial charge in [-0.25, -0.2) is 0 Å². The van der Waals surface area contributed by atoms with Gasteiger partial charge in [0.1, 0.15) is 0 Å². The van der Waals surface area contributed by atoms with Crippen LogP contribution in [0.25, 0.3) is 0 Å². The third-order valence-electron chi connectivity index (χ3n) is 3.72. The first-order chi connectivity index (χ1) is 9.65. The molecule has 1 aliphatic carbocycles. The molecule has 20 heavy (non-hydrogen) atoms. The minimum absolute atomic E-state index is 0.0162. The molecule has 2 rings (SSSR count). The molecule has 0 bridgehead atoms. The molecule has 3 nitrogen and oxygen atoms in total. The van der Waals surface area contributed by atoms with Gasteiger partial charge in [-0.15, -0.1) is 0 Å². The van der Waals surface area contributed by atoms with Gasteiger partial charge >= 0.3 is 0 Å². The van der Waals surface area contributed by atoms with E-state index in [1.54, 1.807) is 0 Å². The van der Waals surface area contributed by atoms with E-state index in [-0.39, 0.29) is 5.91 Å². The van der Waals surface area contributed by atoms with Crippen molar-refractivity contribution in [3.05, 3.63) is 34.9 Å². The second kappa shape index (κ2) is 6.58. The van der Waals surface area contributed by atoms with E-state index in [9.17, 15) is 4.79 Å². The number of carbonyl (C=O) groups is 1. The van der Waals surface area contributed by atoms with E-state index in [0.717, 1.165) is 23.1 Å². The summed E-state index contributed by atoms with van der Waals surface area (Å²) in [5, 5.41) is 3.12. The molecule has 1 fully saturated rings. The van der Waals surface area contributed by atoms with Crippen molar-refractivity contribution in [1.29, 1.82) is 0 Å². The van der Waals surface area contributed by atoms with Crippen LogP contribution in [-0.2, 0) is 0 Å². The number of hydrogen-bond donors (Lipinski definition) is 2. The van der Waals surface area contributed by atoms with E-state index in [4.69, 9.17) is 5.73 Å². The SMILES string of the molecule is CCCC1CC1NC(=O)c1cc(C#CCN)ccc1C. The van der Waals surface area contributed by atoms with E-state index < -0.39 is 0 Å². The van der Waals surface area contributed by atoms with Gasteiger partial charge in [0, 0.05) is 17.2 Å². The minimum Gasteiger partial charge on any atom is -0.349 e. The van der Waals surface area contributed by atoms with Crippen LogP contribution in [0.5, 0.6) is 0 Å². The van der Waals surface area contributed by atoms with Crippen molar-refractivity contribution in [1.82, 2.24) is 5.32 Å². The second-order valence-electron chi connectivity index (χ2n) is 5.40. The van der Waals surface area contributed by atoms with Gasteiger partial charge in [0.05, 0.1) is 6.54 Å². The van der Waals surface area contributed by atoms with E-state index in [1.165, 1.54) is 12.8 Å². The first kappa shape index (κ1) is 14.6. The normalized spacial score (nSPS) is 19.9. The van der Waals surface area contributed by atoms with Crippen molar-refractivity contribution in [3.8, 4) is 11.8 Å². The van der Waals surface area contributed by atoms with Crippen molar-refractivity contribution in [2.75, 3.05) is 6.54 Å². The molecule has 3 heteroatoms. The zero-order valence-electron chi connectivity index (χ0n) is 12.2. The van der Waals surface area contributed by atoms with Gasteiger partial charge < -0.3 is 11.1 Å². The van der Waals surface area contributed by atoms with Crippen molar-refractivity contribution in [2.24, 2.45) is 11.7 Å². The number of rotatable bonds is 4. The molecule has 0 radical (unpaired) electrons. The summed E-state index contributed by atoms with van der Waals surface area (Å²) in [6.07, 6.45) is 3.50. The molecule has 1 aliphatic rings. The highest BCUT2D eigenvalue weighted by Crippen LogP contribution is 2.34. The average molecular weight is 270 g/mol. The molecule has 0 saturated heterocycles. The summed E-state index contributed by atoms with van der Waals surface area (Å²) in [7, 11) is 0. The fraction of sp³-hybridized carbons (Fsp3) is 0.471.